The molecule has 1 aliphatic heterocycles. The minimum Gasteiger partial charge on any atom is -0.391 e. The van der Waals surface area contributed by atoms with Crippen LogP contribution in [0.3, 0.4) is 0 Å². The number of aliphatic hydroxyl groups excluding tert-OH is 1. The maximum atomic E-state index is 12.3. The monoisotopic (exact) mass is 345 g/mol. The van der Waals surface area contributed by atoms with E-state index >= 15 is 0 Å². The van der Waals surface area contributed by atoms with Gasteiger partial charge >= 0.3 is 6.03 Å². The van der Waals surface area contributed by atoms with Gasteiger partial charge in [0.1, 0.15) is 0 Å². The fourth-order valence-corrected chi connectivity index (χ4v) is 4.09. The smallest absolute Gasteiger partial charge is 0.315 e. The second kappa shape index (κ2) is 8.68. The van der Waals surface area contributed by atoms with E-state index in [1.54, 1.807) is 0 Å². The van der Waals surface area contributed by atoms with Crippen LogP contribution in [-0.4, -0.2) is 47.3 Å². The van der Waals surface area contributed by atoms with Gasteiger partial charge in [-0.25, -0.2) is 4.79 Å². The van der Waals surface area contributed by atoms with E-state index in [1.807, 2.05) is 6.07 Å². The minimum atomic E-state index is -0.398. The zero-order valence-corrected chi connectivity index (χ0v) is 15.2. The molecule has 2 aliphatic rings. The van der Waals surface area contributed by atoms with Crippen LogP contribution in [0.4, 0.5) is 4.79 Å². The van der Waals surface area contributed by atoms with Gasteiger partial charge in [-0.1, -0.05) is 50.1 Å². The zero-order valence-electron chi connectivity index (χ0n) is 15.2. The number of hydrogen-bond donors (Lipinski definition) is 3. The van der Waals surface area contributed by atoms with Crippen LogP contribution in [0.2, 0.25) is 0 Å². The van der Waals surface area contributed by atoms with Crippen molar-refractivity contribution in [2.45, 2.75) is 63.8 Å². The summed E-state index contributed by atoms with van der Waals surface area (Å²) < 4.78 is 0. The number of nitrogens with zero attached hydrogens (tertiary/aromatic N) is 1. The van der Waals surface area contributed by atoms with Gasteiger partial charge in [-0.15, -0.1) is 0 Å². The Morgan fingerprint density at radius 2 is 1.84 bits per heavy atom. The lowest BCUT2D eigenvalue weighted by atomic mass is 9.92. The van der Waals surface area contributed by atoms with Crippen molar-refractivity contribution in [1.82, 2.24) is 15.5 Å². The summed E-state index contributed by atoms with van der Waals surface area (Å²) in [4.78, 5) is 14.8. The Kier molecular flexibility index (Phi) is 6.32. The van der Waals surface area contributed by atoms with E-state index in [9.17, 15) is 9.90 Å². The maximum Gasteiger partial charge on any atom is 0.315 e. The van der Waals surface area contributed by atoms with E-state index in [2.05, 4.69) is 46.7 Å². The summed E-state index contributed by atoms with van der Waals surface area (Å²) in [7, 11) is 0. The first-order valence-corrected chi connectivity index (χ1v) is 9.63. The molecule has 2 fully saturated rings. The molecule has 1 heterocycles. The van der Waals surface area contributed by atoms with Crippen molar-refractivity contribution in [2.75, 3.05) is 13.1 Å². The van der Waals surface area contributed by atoms with Crippen LogP contribution in [-0.2, 0) is 6.54 Å². The normalized spacial score (nSPS) is 30.6. The zero-order chi connectivity index (χ0) is 17.6. The molecule has 0 aromatic heterocycles. The Morgan fingerprint density at radius 1 is 1.12 bits per heavy atom. The largest absolute Gasteiger partial charge is 0.391 e. The first kappa shape index (κ1) is 18.2. The van der Waals surface area contributed by atoms with E-state index in [1.165, 1.54) is 5.56 Å². The Morgan fingerprint density at radius 3 is 2.56 bits per heavy atom. The number of likely N-dealkylation sites (tertiary alicyclic amines) is 1. The highest BCUT2D eigenvalue weighted by Gasteiger charge is 2.29. The highest BCUT2D eigenvalue weighted by molar-refractivity contribution is 5.74. The number of urea groups is 1. The van der Waals surface area contributed by atoms with Gasteiger partial charge in [0.25, 0.3) is 0 Å². The Labute approximate surface area is 150 Å². The van der Waals surface area contributed by atoms with E-state index in [-0.39, 0.29) is 18.1 Å². The van der Waals surface area contributed by atoms with Crippen LogP contribution in [0.1, 0.15) is 44.6 Å². The lowest BCUT2D eigenvalue weighted by molar-refractivity contribution is 0.0922. The van der Waals surface area contributed by atoms with E-state index < -0.39 is 6.10 Å². The third kappa shape index (κ3) is 5.19. The number of carbonyl (C=O) groups excluding carboxylic acids is 1. The maximum absolute atomic E-state index is 12.3. The second-order valence-electron chi connectivity index (χ2n) is 7.67. The number of aliphatic hydroxyl groups is 1. The number of piperidine rings is 1. The molecule has 0 unspecified atom stereocenters. The van der Waals surface area contributed by atoms with Gasteiger partial charge in [0.05, 0.1) is 12.1 Å². The molecule has 25 heavy (non-hydrogen) atoms. The van der Waals surface area contributed by atoms with Crippen LogP contribution >= 0.6 is 0 Å². The molecule has 1 aromatic carbocycles. The molecule has 1 aromatic rings. The van der Waals surface area contributed by atoms with Crippen molar-refractivity contribution in [1.29, 1.82) is 0 Å². The number of rotatable bonds is 4. The van der Waals surface area contributed by atoms with Crippen LogP contribution < -0.4 is 10.6 Å². The average molecular weight is 345 g/mol. The number of carbonyl (C=O) groups is 1. The predicted octanol–water partition coefficient (Wildman–Crippen LogP) is 2.50. The molecule has 0 bridgehead atoms. The quantitative estimate of drug-likeness (QED) is 0.786. The van der Waals surface area contributed by atoms with E-state index in [0.717, 1.165) is 51.7 Å². The summed E-state index contributed by atoms with van der Waals surface area (Å²) in [6.07, 6.45) is 4.37. The summed E-state index contributed by atoms with van der Waals surface area (Å²) in [6.45, 7) is 5.16. The van der Waals surface area contributed by atoms with E-state index in [4.69, 9.17) is 0 Å². The highest BCUT2D eigenvalue weighted by Crippen LogP contribution is 2.20. The Bertz CT molecular complexity index is 551. The van der Waals surface area contributed by atoms with Crippen LogP contribution in [0.25, 0.3) is 0 Å². The first-order chi connectivity index (χ1) is 12.1. The van der Waals surface area contributed by atoms with Crippen LogP contribution in [0.5, 0.6) is 0 Å². The van der Waals surface area contributed by atoms with Gasteiger partial charge in [-0.2, -0.15) is 0 Å². The molecular formula is C20H31N3O2. The number of amides is 2. The van der Waals surface area contributed by atoms with Gasteiger partial charge in [0.15, 0.2) is 0 Å². The summed E-state index contributed by atoms with van der Waals surface area (Å²) >= 11 is 0. The number of benzene rings is 1. The third-order valence-electron chi connectivity index (χ3n) is 5.60. The molecule has 0 spiro atoms. The number of nitrogens with one attached hydrogen (secondary N) is 2. The van der Waals surface area contributed by atoms with Crippen molar-refractivity contribution in [3.05, 3.63) is 35.9 Å². The lowest BCUT2D eigenvalue weighted by Gasteiger charge is -2.38. The molecule has 4 atom stereocenters. The summed E-state index contributed by atoms with van der Waals surface area (Å²) in [5.41, 5.74) is 1.34. The summed E-state index contributed by atoms with van der Waals surface area (Å²) in [6, 6.07) is 10.5. The van der Waals surface area contributed by atoms with E-state index in [0.29, 0.717) is 5.92 Å². The summed E-state index contributed by atoms with van der Waals surface area (Å²) in [5.74, 6) is 0.416. The Hall–Kier alpha value is -1.59. The van der Waals surface area contributed by atoms with Crippen molar-refractivity contribution in [2.24, 2.45) is 5.92 Å². The van der Waals surface area contributed by atoms with Crippen molar-refractivity contribution in [3.8, 4) is 0 Å². The van der Waals surface area contributed by atoms with Crippen molar-refractivity contribution < 1.29 is 9.90 Å². The lowest BCUT2D eigenvalue weighted by Crippen LogP contribution is -2.55. The predicted molar refractivity (Wildman–Crippen MR) is 99.2 cm³/mol. The molecule has 3 N–H and O–H groups in total. The fraction of sp³-hybridized carbons (Fsp3) is 0.650. The first-order valence-electron chi connectivity index (χ1n) is 9.63. The molecule has 1 aliphatic carbocycles. The molecule has 1 saturated heterocycles. The molecular weight excluding hydrogens is 314 g/mol. The van der Waals surface area contributed by atoms with Gasteiger partial charge in [-0.05, 0) is 30.7 Å². The van der Waals surface area contributed by atoms with Crippen molar-refractivity contribution in [3.63, 3.8) is 0 Å². The average Bonchev–Trinajstić information content (AvgIpc) is 2.60. The summed E-state index contributed by atoms with van der Waals surface area (Å²) in [5, 5.41) is 16.1. The number of hydrogen-bond acceptors (Lipinski definition) is 3. The Balaban J connectivity index is 1.44. The van der Waals surface area contributed by atoms with Crippen LogP contribution in [0.15, 0.2) is 30.3 Å². The third-order valence-corrected chi connectivity index (χ3v) is 5.60. The highest BCUT2D eigenvalue weighted by atomic mass is 16.3. The van der Waals surface area contributed by atoms with Gasteiger partial charge in [-0.3, -0.25) is 4.90 Å². The molecule has 1 saturated carbocycles. The van der Waals surface area contributed by atoms with Gasteiger partial charge in [0.2, 0.25) is 0 Å². The van der Waals surface area contributed by atoms with Crippen molar-refractivity contribution >= 4 is 6.03 Å². The molecule has 3 rings (SSSR count). The SMILES string of the molecule is C[C@@H]1CN(Cc2ccccc2)CC[C@@H]1NC(=O)N[C@@H]1CCCC[C@@H]1O. The van der Waals surface area contributed by atoms with Gasteiger partial charge < -0.3 is 15.7 Å². The fourth-order valence-electron chi connectivity index (χ4n) is 4.09. The minimum absolute atomic E-state index is 0.0952. The van der Waals surface area contributed by atoms with Gasteiger partial charge in [0, 0.05) is 25.7 Å². The topological polar surface area (TPSA) is 64.6 Å². The molecule has 0 radical (unpaired) electrons. The molecule has 2 amide bonds. The second-order valence-corrected chi connectivity index (χ2v) is 7.67. The van der Waals surface area contributed by atoms with Crippen LogP contribution in [0, 0.1) is 5.92 Å². The molecule has 138 valence electrons. The standard InChI is InChI=1S/C20H31N3O2/c1-15-13-23(14-16-7-3-2-4-8-16)12-11-17(15)21-20(25)22-18-9-5-6-10-19(18)24/h2-4,7-8,15,17-19,24H,5-6,9-14H2,1H3,(H2,21,22,25)/t15-,17+,18-,19+/m1/s1. The molecule has 5 nitrogen and oxygen atoms in total. The molecule has 5 heteroatoms.